The number of carbonyl (C=O) groups is 1. The van der Waals surface area contributed by atoms with Gasteiger partial charge in [-0.05, 0) is 89.5 Å². The molecule has 3 heteroatoms. The molecule has 1 aliphatic rings. The van der Waals surface area contributed by atoms with Gasteiger partial charge < -0.3 is 9.84 Å². The highest BCUT2D eigenvalue weighted by Gasteiger charge is 2.19. The van der Waals surface area contributed by atoms with E-state index in [0.29, 0.717) is 17.9 Å². The number of aryl methyl sites for hydroxylation is 1. The van der Waals surface area contributed by atoms with Gasteiger partial charge in [0.05, 0.1) is 0 Å². The summed E-state index contributed by atoms with van der Waals surface area (Å²) in [6.07, 6.45) is 5.84. The van der Waals surface area contributed by atoms with Crippen LogP contribution in [0, 0.1) is 12.8 Å². The van der Waals surface area contributed by atoms with Gasteiger partial charge in [-0.25, -0.2) is 4.79 Å². The Morgan fingerprint density at radius 3 is 2.25 bits per heavy atom. The number of carbonyl (C=O) groups excluding carboxylic acids is 1. The molecule has 1 aliphatic carbocycles. The van der Waals surface area contributed by atoms with Crippen LogP contribution in [-0.2, 0) is 22.6 Å². The summed E-state index contributed by atoms with van der Waals surface area (Å²) in [7, 11) is 0. The van der Waals surface area contributed by atoms with Crippen molar-refractivity contribution in [2.45, 2.75) is 65.4 Å². The van der Waals surface area contributed by atoms with Crippen molar-refractivity contribution < 1.29 is 14.6 Å². The average Bonchev–Trinajstić information content (AvgIpc) is 2.88. The Morgan fingerprint density at radius 1 is 0.944 bits per heavy atom. The molecule has 0 bridgehead atoms. The Balaban J connectivity index is 1.58. The van der Waals surface area contributed by atoms with Crippen LogP contribution >= 0.6 is 0 Å². The van der Waals surface area contributed by atoms with Crippen molar-refractivity contribution in [3.05, 3.63) is 95.1 Å². The van der Waals surface area contributed by atoms with Gasteiger partial charge in [0.15, 0.2) is 0 Å². The van der Waals surface area contributed by atoms with Crippen molar-refractivity contribution in [3.8, 4) is 22.3 Å². The second-order valence-electron chi connectivity index (χ2n) is 10.4. The molecule has 1 N–H and O–H groups in total. The summed E-state index contributed by atoms with van der Waals surface area (Å²) >= 11 is 0. The zero-order valence-electron chi connectivity index (χ0n) is 21.8. The molecule has 0 atom stereocenters. The molecule has 0 radical (unpaired) electrons. The van der Waals surface area contributed by atoms with Crippen molar-refractivity contribution in [2.75, 3.05) is 6.61 Å². The second-order valence-corrected chi connectivity index (χ2v) is 10.4. The van der Waals surface area contributed by atoms with E-state index in [1.165, 1.54) is 47.9 Å². The highest BCUT2D eigenvalue weighted by molar-refractivity contribution is 5.87. The summed E-state index contributed by atoms with van der Waals surface area (Å²) in [4.78, 5) is 12.0. The van der Waals surface area contributed by atoms with Gasteiger partial charge in [-0.15, -0.1) is 0 Å². The highest BCUT2D eigenvalue weighted by Crippen LogP contribution is 2.37. The number of aliphatic hydroxyl groups is 1. The molecule has 1 fully saturated rings. The van der Waals surface area contributed by atoms with Crippen molar-refractivity contribution in [1.29, 1.82) is 0 Å². The van der Waals surface area contributed by atoms with Crippen LogP contribution in [0.1, 0.15) is 67.7 Å². The summed E-state index contributed by atoms with van der Waals surface area (Å²) in [6.45, 7) is 10.1. The fourth-order valence-corrected chi connectivity index (χ4v) is 5.28. The van der Waals surface area contributed by atoms with Gasteiger partial charge in [0.1, 0.15) is 6.61 Å². The first-order valence-corrected chi connectivity index (χ1v) is 13.1. The Labute approximate surface area is 215 Å². The molecule has 3 aromatic rings. The number of esters is 1. The quantitative estimate of drug-likeness (QED) is 0.263. The lowest BCUT2D eigenvalue weighted by Gasteiger charge is -2.26. The first-order valence-electron chi connectivity index (χ1n) is 13.1. The summed E-state index contributed by atoms with van der Waals surface area (Å²) in [5, 5.41) is 9.37. The minimum atomic E-state index is -0.397. The molecule has 0 unspecified atom stereocenters. The van der Waals surface area contributed by atoms with Crippen molar-refractivity contribution >= 4 is 5.97 Å². The molecule has 3 aromatic carbocycles. The van der Waals surface area contributed by atoms with Crippen LogP contribution in [0.15, 0.2) is 72.8 Å². The van der Waals surface area contributed by atoms with Gasteiger partial charge >= 0.3 is 5.97 Å². The maximum absolute atomic E-state index is 12.0. The van der Waals surface area contributed by atoms with Crippen LogP contribution in [0.25, 0.3) is 22.3 Å². The lowest BCUT2D eigenvalue weighted by molar-refractivity contribution is -0.140. The maximum atomic E-state index is 12.0. The minimum absolute atomic E-state index is 0.0802. The molecule has 0 amide bonds. The molecular formula is C33H38O3. The molecular weight excluding hydrogens is 444 g/mol. The van der Waals surface area contributed by atoms with Gasteiger partial charge in [0.2, 0.25) is 0 Å². The van der Waals surface area contributed by atoms with E-state index in [1.54, 1.807) is 6.92 Å². The third kappa shape index (κ3) is 6.14. The first-order chi connectivity index (χ1) is 17.4. The summed E-state index contributed by atoms with van der Waals surface area (Å²) in [5.41, 5.74) is 9.58. The van der Waals surface area contributed by atoms with E-state index in [1.807, 2.05) is 12.1 Å². The Bertz CT molecular complexity index is 1210. The van der Waals surface area contributed by atoms with E-state index in [2.05, 4.69) is 69.0 Å². The van der Waals surface area contributed by atoms with Crippen LogP contribution in [0.2, 0.25) is 0 Å². The van der Waals surface area contributed by atoms with Gasteiger partial charge in [-0.1, -0.05) is 87.0 Å². The normalized spacial score (nSPS) is 17.6. The van der Waals surface area contributed by atoms with Gasteiger partial charge in [-0.2, -0.15) is 0 Å². The number of rotatable bonds is 8. The van der Waals surface area contributed by atoms with E-state index < -0.39 is 5.97 Å². The number of hydrogen-bond donors (Lipinski definition) is 1. The van der Waals surface area contributed by atoms with E-state index >= 15 is 0 Å². The van der Waals surface area contributed by atoms with E-state index in [4.69, 9.17) is 4.74 Å². The fraction of sp³-hybridized carbons (Fsp3) is 0.364. The highest BCUT2D eigenvalue weighted by atomic mass is 16.5. The Hall–Kier alpha value is -3.17. The molecule has 0 spiro atoms. The van der Waals surface area contributed by atoms with Crippen LogP contribution in [0.4, 0.5) is 0 Å². The summed E-state index contributed by atoms with van der Waals surface area (Å²) in [5.74, 6) is 1.17. The van der Waals surface area contributed by atoms with E-state index in [9.17, 15) is 9.90 Å². The fourth-order valence-electron chi connectivity index (χ4n) is 5.28. The zero-order chi connectivity index (χ0) is 25.7. The molecule has 3 nitrogen and oxygen atoms in total. The van der Waals surface area contributed by atoms with Gasteiger partial charge in [0, 0.05) is 12.2 Å². The van der Waals surface area contributed by atoms with Crippen molar-refractivity contribution in [1.82, 2.24) is 0 Å². The largest absolute Gasteiger partial charge is 0.457 e. The molecule has 0 aliphatic heterocycles. The molecule has 0 saturated heterocycles. The average molecular weight is 483 g/mol. The minimum Gasteiger partial charge on any atom is -0.457 e. The lowest BCUT2D eigenvalue weighted by atomic mass is 9.79. The van der Waals surface area contributed by atoms with Gasteiger partial charge in [0.25, 0.3) is 0 Å². The van der Waals surface area contributed by atoms with Crippen molar-refractivity contribution in [3.63, 3.8) is 0 Å². The topological polar surface area (TPSA) is 46.5 Å². The maximum Gasteiger partial charge on any atom is 0.333 e. The van der Waals surface area contributed by atoms with Crippen LogP contribution in [-0.4, -0.2) is 17.7 Å². The predicted octanol–water partition coefficient (Wildman–Crippen LogP) is 7.78. The monoisotopic (exact) mass is 482 g/mol. The first kappa shape index (κ1) is 25.9. The Morgan fingerprint density at radius 2 is 1.61 bits per heavy atom. The van der Waals surface area contributed by atoms with Gasteiger partial charge in [-0.3, -0.25) is 0 Å². The van der Waals surface area contributed by atoms with Crippen LogP contribution < -0.4 is 0 Å². The smallest absolute Gasteiger partial charge is 0.333 e. The van der Waals surface area contributed by atoms with E-state index in [0.717, 1.165) is 28.2 Å². The molecule has 4 rings (SSSR count). The SMILES string of the molecule is C=C(C)C(=O)OCc1cc(CCO)ccc1-c1ccc(-c2ccc(C3CCC(C)CC3)cc2)c(C)c1. The third-order valence-corrected chi connectivity index (χ3v) is 7.52. The molecule has 188 valence electrons. The Kier molecular flexibility index (Phi) is 8.43. The number of ether oxygens (including phenoxy) is 1. The van der Waals surface area contributed by atoms with Crippen LogP contribution in [0.3, 0.4) is 0 Å². The predicted molar refractivity (Wildman–Crippen MR) is 148 cm³/mol. The summed E-state index contributed by atoms with van der Waals surface area (Å²) < 4.78 is 5.47. The van der Waals surface area contributed by atoms with E-state index in [-0.39, 0.29) is 13.2 Å². The molecule has 36 heavy (non-hydrogen) atoms. The number of aliphatic hydroxyl groups excluding tert-OH is 1. The number of benzene rings is 3. The molecule has 0 heterocycles. The molecule has 0 aromatic heterocycles. The van der Waals surface area contributed by atoms with Crippen molar-refractivity contribution in [2.24, 2.45) is 5.92 Å². The second kappa shape index (κ2) is 11.7. The summed E-state index contributed by atoms with van der Waals surface area (Å²) in [6, 6.07) is 21.8. The lowest BCUT2D eigenvalue weighted by Crippen LogP contribution is -2.10. The zero-order valence-corrected chi connectivity index (χ0v) is 21.8. The van der Waals surface area contributed by atoms with Crippen LogP contribution in [0.5, 0.6) is 0 Å². The standard InChI is InChI=1S/C33H38O3/c1-22(2)33(35)36-21-30-20-25(17-18-34)7-15-32(30)29-14-16-31(24(4)19-29)28-12-10-27(11-13-28)26-8-5-23(3)6-9-26/h7,10-16,19-20,23,26,34H,1,5-6,8-9,17-18,21H2,2-4H3. The molecule has 1 saturated carbocycles. The number of hydrogen-bond acceptors (Lipinski definition) is 3. The third-order valence-electron chi connectivity index (χ3n) is 7.52.